The lowest BCUT2D eigenvalue weighted by Crippen LogP contribution is -2.26. The first-order valence-electron chi connectivity index (χ1n) is 7.51. The molecule has 1 heterocycles. The normalized spacial score (nSPS) is 11.3. The maximum Gasteiger partial charge on any atom is 0.161 e. The number of aromatic nitrogens is 1. The highest BCUT2D eigenvalue weighted by atomic mass is 16.5. The molecule has 0 saturated heterocycles. The molecule has 2 aromatic rings. The molecule has 4 heteroatoms. The van der Waals surface area contributed by atoms with Crippen LogP contribution in [0.2, 0.25) is 0 Å². The average molecular weight is 288 g/mol. The van der Waals surface area contributed by atoms with Gasteiger partial charge >= 0.3 is 0 Å². The largest absolute Gasteiger partial charge is 0.495 e. The highest BCUT2D eigenvalue weighted by Crippen LogP contribution is 2.30. The van der Waals surface area contributed by atoms with Gasteiger partial charge in [0.1, 0.15) is 5.75 Å². The molecule has 114 valence electrons. The fraction of sp³-hybridized carbons (Fsp3) is 0.471. The summed E-state index contributed by atoms with van der Waals surface area (Å²) in [6.45, 7) is 9.83. The number of hydrogen-bond donors (Lipinski definition) is 0. The number of para-hydroxylation sites is 1. The summed E-state index contributed by atoms with van der Waals surface area (Å²) >= 11 is 0. The van der Waals surface area contributed by atoms with Gasteiger partial charge in [-0.05, 0) is 26.1 Å². The van der Waals surface area contributed by atoms with Crippen LogP contribution in [0.4, 0.5) is 0 Å². The summed E-state index contributed by atoms with van der Waals surface area (Å²) in [6, 6.07) is 5.87. The molecule has 0 radical (unpaired) electrons. The van der Waals surface area contributed by atoms with Gasteiger partial charge in [-0.2, -0.15) is 0 Å². The van der Waals surface area contributed by atoms with Gasteiger partial charge in [-0.15, -0.1) is 0 Å². The summed E-state index contributed by atoms with van der Waals surface area (Å²) in [6.07, 6.45) is 1.96. The summed E-state index contributed by atoms with van der Waals surface area (Å²) < 4.78 is 7.62. The molecule has 0 aliphatic heterocycles. The molecule has 0 saturated carbocycles. The van der Waals surface area contributed by atoms with Gasteiger partial charge in [-0.3, -0.25) is 4.79 Å². The Hall–Kier alpha value is -1.81. The molecular weight excluding hydrogens is 264 g/mol. The van der Waals surface area contributed by atoms with Gasteiger partial charge in [0.25, 0.3) is 0 Å². The zero-order valence-electron chi connectivity index (χ0n) is 13.3. The lowest BCUT2D eigenvalue weighted by Gasteiger charge is -2.18. The van der Waals surface area contributed by atoms with Crippen molar-refractivity contribution in [1.29, 1.82) is 0 Å². The maximum absolute atomic E-state index is 11.9. The molecule has 0 N–H and O–H groups in total. The third-order valence-electron chi connectivity index (χ3n) is 4.01. The number of ketones is 1. The molecular formula is C17H24N2O2. The number of likely N-dealkylation sites (N-methyl/N-ethyl adjacent to an activating group) is 1. The number of ether oxygens (including phenoxy) is 1. The van der Waals surface area contributed by atoms with E-state index >= 15 is 0 Å². The fourth-order valence-corrected chi connectivity index (χ4v) is 2.74. The highest BCUT2D eigenvalue weighted by Gasteiger charge is 2.15. The van der Waals surface area contributed by atoms with Crippen molar-refractivity contribution in [1.82, 2.24) is 9.47 Å². The number of rotatable bonds is 7. The van der Waals surface area contributed by atoms with Gasteiger partial charge in [0, 0.05) is 30.2 Å². The molecule has 0 amide bonds. The van der Waals surface area contributed by atoms with Crippen LogP contribution in [0.3, 0.4) is 0 Å². The number of fused-ring (bicyclic) bond motifs is 1. The van der Waals surface area contributed by atoms with Crippen LogP contribution in [0, 0.1) is 0 Å². The van der Waals surface area contributed by atoms with Crippen molar-refractivity contribution in [3.63, 3.8) is 0 Å². The van der Waals surface area contributed by atoms with Crippen molar-refractivity contribution in [2.75, 3.05) is 26.7 Å². The summed E-state index contributed by atoms with van der Waals surface area (Å²) in [5.41, 5.74) is 1.78. The molecule has 21 heavy (non-hydrogen) atoms. The van der Waals surface area contributed by atoms with Crippen molar-refractivity contribution in [2.24, 2.45) is 0 Å². The van der Waals surface area contributed by atoms with Gasteiger partial charge in [0.15, 0.2) is 5.78 Å². The van der Waals surface area contributed by atoms with Crippen molar-refractivity contribution in [3.8, 4) is 5.75 Å². The van der Waals surface area contributed by atoms with E-state index in [0.29, 0.717) is 0 Å². The summed E-state index contributed by atoms with van der Waals surface area (Å²) in [4.78, 5) is 14.2. The predicted molar refractivity (Wildman–Crippen MR) is 86.3 cm³/mol. The molecule has 0 aliphatic carbocycles. The molecule has 1 aromatic carbocycles. The third kappa shape index (κ3) is 3.10. The third-order valence-corrected chi connectivity index (χ3v) is 4.01. The molecule has 0 spiro atoms. The molecule has 0 aliphatic rings. The van der Waals surface area contributed by atoms with Gasteiger partial charge in [-0.1, -0.05) is 26.0 Å². The minimum absolute atomic E-state index is 0.0924. The maximum atomic E-state index is 11.9. The minimum atomic E-state index is 0.0924. The lowest BCUT2D eigenvalue weighted by molar-refractivity contribution is 0.101. The Balaban J connectivity index is 2.44. The van der Waals surface area contributed by atoms with Gasteiger partial charge in [0.2, 0.25) is 0 Å². The van der Waals surface area contributed by atoms with Crippen LogP contribution < -0.4 is 4.74 Å². The Bertz CT molecular complexity index is 627. The van der Waals surface area contributed by atoms with Crippen LogP contribution in [0.5, 0.6) is 5.75 Å². The number of nitrogens with zero attached hydrogens (tertiary/aromatic N) is 2. The van der Waals surface area contributed by atoms with Gasteiger partial charge in [0.05, 0.1) is 12.6 Å². The quantitative estimate of drug-likeness (QED) is 0.734. The van der Waals surface area contributed by atoms with Crippen molar-refractivity contribution in [3.05, 3.63) is 30.0 Å². The predicted octanol–water partition coefficient (Wildman–Crippen LogP) is 3.19. The second-order valence-corrected chi connectivity index (χ2v) is 5.18. The number of Topliss-reactive ketones (excluding diaryl/α,β-unsaturated/α-hetero) is 1. The van der Waals surface area contributed by atoms with Crippen molar-refractivity contribution >= 4 is 16.7 Å². The van der Waals surface area contributed by atoms with E-state index in [1.165, 1.54) is 0 Å². The van der Waals surface area contributed by atoms with Crippen LogP contribution in [-0.2, 0) is 6.54 Å². The monoisotopic (exact) mass is 288 g/mol. The first-order valence-corrected chi connectivity index (χ1v) is 7.51. The van der Waals surface area contributed by atoms with Gasteiger partial charge < -0.3 is 14.2 Å². The molecule has 4 nitrogen and oxygen atoms in total. The molecule has 0 bridgehead atoms. The van der Waals surface area contributed by atoms with Crippen LogP contribution in [0.1, 0.15) is 31.1 Å². The second kappa shape index (κ2) is 6.76. The first kappa shape index (κ1) is 15.6. The Morgan fingerprint density at radius 3 is 2.57 bits per heavy atom. The van der Waals surface area contributed by atoms with Crippen LogP contribution in [0.15, 0.2) is 24.4 Å². The minimum Gasteiger partial charge on any atom is -0.495 e. The van der Waals surface area contributed by atoms with E-state index in [0.717, 1.165) is 48.4 Å². The molecule has 0 atom stereocenters. The molecule has 0 fully saturated rings. The number of carbonyl (C=O) groups is 1. The van der Waals surface area contributed by atoms with Crippen LogP contribution in [-0.4, -0.2) is 42.0 Å². The van der Waals surface area contributed by atoms with E-state index < -0.39 is 0 Å². The molecule has 2 rings (SSSR count). The highest BCUT2D eigenvalue weighted by molar-refractivity contribution is 6.08. The van der Waals surface area contributed by atoms with Gasteiger partial charge in [-0.25, -0.2) is 0 Å². The van der Waals surface area contributed by atoms with E-state index in [9.17, 15) is 4.79 Å². The summed E-state index contributed by atoms with van der Waals surface area (Å²) in [7, 11) is 1.67. The van der Waals surface area contributed by atoms with Crippen molar-refractivity contribution in [2.45, 2.75) is 27.3 Å². The average Bonchev–Trinajstić information content (AvgIpc) is 2.87. The zero-order valence-corrected chi connectivity index (χ0v) is 13.3. The summed E-state index contributed by atoms with van der Waals surface area (Å²) in [5.74, 6) is 0.911. The SMILES string of the molecule is CCN(CC)CCn1cc(C(C)=O)c2cccc(OC)c21. The Labute approximate surface area is 126 Å². The van der Waals surface area contributed by atoms with Crippen LogP contribution >= 0.6 is 0 Å². The van der Waals surface area contributed by atoms with E-state index in [-0.39, 0.29) is 5.78 Å². The van der Waals surface area contributed by atoms with Crippen LogP contribution in [0.25, 0.3) is 10.9 Å². The van der Waals surface area contributed by atoms with Crippen molar-refractivity contribution < 1.29 is 9.53 Å². The van der Waals surface area contributed by atoms with E-state index in [2.05, 4.69) is 23.3 Å². The summed E-state index contributed by atoms with van der Waals surface area (Å²) in [5, 5.41) is 0.974. The zero-order chi connectivity index (χ0) is 15.4. The molecule has 1 aromatic heterocycles. The molecule has 0 unspecified atom stereocenters. The fourth-order valence-electron chi connectivity index (χ4n) is 2.74. The lowest BCUT2D eigenvalue weighted by atomic mass is 10.1. The first-order chi connectivity index (χ1) is 10.1. The number of benzene rings is 1. The van der Waals surface area contributed by atoms with E-state index in [1.54, 1.807) is 14.0 Å². The van der Waals surface area contributed by atoms with E-state index in [4.69, 9.17) is 4.74 Å². The number of methoxy groups -OCH3 is 1. The smallest absolute Gasteiger partial charge is 0.161 e. The second-order valence-electron chi connectivity index (χ2n) is 5.18. The Morgan fingerprint density at radius 1 is 1.29 bits per heavy atom. The van der Waals surface area contributed by atoms with E-state index in [1.807, 2.05) is 24.4 Å². The Kier molecular flexibility index (Phi) is 5.02. The number of carbonyl (C=O) groups excluding carboxylic acids is 1. The Morgan fingerprint density at radius 2 is 2.00 bits per heavy atom. The number of hydrogen-bond acceptors (Lipinski definition) is 3. The standard InChI is InChI=1S/C17H24N2O2/c1-5-18(6-2)10-11-19-12-15(13(3)20)14-8-7-9-16(21-4)17(14)19/h7-9,12H,5-6,10-11H2,1-4H3. The topological polar surface area (TPSA) is 34.5 Å².